The van der Waals surface area contributed by atoms with Gasteiger partial charge in [0.05, 0.1) is 6.42 Å². The van der Waals surface area contributed by atoms with Crippen molar-refractivity contribution in [3.8, 4) is 0 Å². The van der Waals surface area contributed by atoms with Crippen molar-refractivity contribution in [3.05, 3.63) is 33.8 Å². The Balaban J connectivity index is 3.43. The third-order valence-corrected chi connectivity index (χ3v) is 3.20. The molecule has 0 heterocycles. The van der Waals surface area contributed by atoms with Gasteiger partial charge in [0, 0.05) is 5.02 Å². The predicted octanol–water partition coefficient (Wildman–Crippen LogP) is 4.21. The van der Waals surface area contributed by atoms with E-state index >= 15 is 0 Å². The number of aliphatic carboxylic acids is 1. The molecule has 0 unspecified atom stereocenters. The minimum Gasteiger partial charge on any atom is -0.481 e. The molecule has 94 valence electrons. The number of hydrogen-bond donors (Lipinski definition) is 1. The van der Waals surface area contributed by atoms with E-state index in [-0.39, 0.29) is 12.3 Å². The van der Waals surface area contributed by atoms with Crippen molar-refractivity contribution in [3.63, 3.8) is 0 Å². The van der Waals surface area contributed by atoms with Crippen LogP contribution in [0.2, 0.25) is 5.02 Å². The number of halogens is 1. The van der Waals surface area contributed by atoms with Crippen LogP contribution in [0.5, 0.6) is 0 Å². The van der Waals surface area contributed by atoms with Crippen LogP contribution in [-0.2, 0) is 11.2 Å². The van der Waals surface area contributed by atoms with Gasteiger partial charge >= 0.3 is 5.97 Å². The summed E-state index contributed by atoms with van der Waals surface area (Å²) in [5.41, 5.74) is 2.94. The largest absolute Gasteiger partial charge is 0.481 e. The molecule has 0 radical (unpaired) electrons. The van der Waals surface area contributed by atoms with Gasteiger partial charge in [0.2, 0.25) is 0 Å². The summed E-state index contributed by atoms with van der Waals surface area (Å²) < 4.78 is 0. The van der Waals surface area contributed by atoms with E-state index in [4.69, 9.17) is 16.7 Å². The molecule has 0 bridgehead atoms. The van der Waals surface area contributed by atoms with Gasteiger partial charge in [0.25, 0.3) is 0 Å². The summed E-state index contributed by atoms with van der Waals surface area (Å²) in [4.78, 5) is 11.0. The van der Waals surface area contributed by atoms with E-state index in [1.165, 1.54) is 0 Å². The first-order valence-electron chi connectivity index (χ1n) is 5.87. The summed E-state index contributed by atoms with van der Waals surface area (Å²) in [5.74, 6) is -0.272. The van der Waals surface area contributed by atoms with Crippen molar-refractivity contribution >= 4 is 17.6 Å². The summed E-state index contributed by atoms with van der Waals surface area (Å²) in [6.45, 7) is 8.21. The lowest BCUT2D eigenvalue weighted by Gasteiger charge is -2.19. The Labute approximate surface area is 108 Å². The first-order valence-corrected chi connectivity index (χ1v) is 6.25. The second kappa shape index (κ2) is 5.54. The predicted molar refractivity (Wildman–Crippen MR) is 71.0 cm³/mol. The van der Waals surface area contributed by atoms with E-state index in [2.05, 4.69) is 13.8 Å². The zero-order chi connectivity index (χ0) is 13.2. The van der Waals surface area contributed by atoms with Gasteiger partial charge in [-0.25, -0.2) is 0 Å². The van der Waals surface area contributed by atoms with Crippen molar-refractivity contribution in [2.24, 2.45) is 0 Å². The highest BCUT2D eigenvalue weighted by Crippen LogP contribution is 2.33. The van der Waals surface area contributed by atoms with Crippen LogP contribution in [0.3, 0.4) is 0 Å². The Morgan fingerprint density at radius 3 is 2.24 bits per heavy atom. The Hall–Kier alpha value is -1.02. The molecule has 0 saturated heterocycles. The third-order valence-electron chi connectivity index (χ3n) is 2.87. The minimum atomic E-state index is -0.809. The zero-order valence-corrected chi connectivity index (χ0v) is 11.5. The highest BCUT2D eigenvalue weighted by molar-refractivity contribution is 6.31. The molecule has 0 aliphatic carbocycles. The van der Waals surface area contributed by atoms with E-state index < -0.39 is 5.97 Å². The summed E-state index contributed by atoms with van der Waals surface area (Å²) in [6, 6.07) is 3.81. The first-order chi connectivity index (χ1) is 7.84. The van der Waals surface area contributed by atoms with Gasteiger partial charge < -0.3 is 5.11 Å². The molecule has 0 saturated carbocycles. The van der Waals surface area contributed by atoms with Crippen LogP contribution in [-0.4, -0.2) is 11.1 Å². The molecule has 0 fully saturated rings. The van der Waals surface area contributed by atoms with Crippen molar-refractivity contribution in [2.45, 2.75) is 46.0 Å². The summed E-state index contributed by atoms with van der Waals surface area (Å²) in [7, 11) is 0. The third kappa shape index (κ3) is 3.22. The van der Waals surface area contributed by atoms with Crippen LogP contribution in [0.4, 0.5) is 0 Å². The fraction of sp³-hybridized carbons (Fsp3) is 0.500. The van der Waals surface area contributed by atoms with Crippen molar-refractivity contribution in [1.29, 1.82) is 0 Å². The molecule has 1 N–H and O–H groups in total. The molecule has 1 aromatic rings. The molecule has 0 atom stereocenters. The Morgan fingerprint density at radius 1 is 1.24 bits per heavy atom. The fourth-order valence-electron chi connectivity index (χ4n) is 2.17. The van der Waals surface area contributed by atoms with E-state index in [1.54, 1.807) is 0 Å². The van der Waals surface area contributed by atoms with Gasteiger partial charge in [-0.2, -0.15) is 0 Å². The molecule has 17 heavy (non-hydrogen) atoms. The van der Waals surface area contributed by atoms with Gasteiger partial charge in [-0.1, -0.05) is 45.4 Å². The van der Waals surface area contributed by atoms with Crippen LogP contribution in [0.25, 0.3) is 0 Å². The lowest BCUT2D eigenvalue weighted by molar-refractivity contribution is -0.136. The molecule has 1 aromatic carbocycles. The average molecular weight is 255 g/mol. The summed E-state index contributed by atoms with van der Waals surface area (Å²) in [5, 5.41) is 9.69. The van der Waals surface area contributed by atoms with Crippen molar-refractivity contribution in [1.82, 2.24) is 0 Å². The minimum absolute atomic E-state index is 0.0432. The molecule has 0 spiro atoms. The maximum absolute atomic E-state index is 11.0. The van der Waals surface area contributed by atoms with E-state index in [0.717, 1.165) is 16.7 Å². The van der Waals surface area contributed by atoms with Crippen LogP contribution in [0, 0.1) is 0 Å². The molecule has 0 aromatic heterocycles. The second-order valence-electron chi connectivity index (χ2n) is 4.91. The number of carboxylic acids is 1. The smallest absolute Gasteiger partial charge is 0.307 e. The highest BCUT2D eigenvalue weighted by atomic mass is 35.5. The lowest BCUT2D eigenvalue weighted by atomic mass is 9.87. The number of benzene rings is 1. The zero-order valence-electron chi connectivity index (χ0n) is 10.7. The second-order valence-corrected chi connectivity index (χ2v) is 5.32. The number of hydrogen-bond acceptors (Lipinski definition) is 1. The lowest BCUT2D eigenvalue weighted by Crippen LogP contribution is -2.10. The maximum Gasteiger partial charge on any atom is 0.307 e. The molecule has 0 aliphatic rings. The molecule has 2 nitrogen and oxygen atoms in total. The van der Waals surface area contributed by atoms with Crippen molar-refractivity contribution in [2.75, 3.05) is 0 Å². The highest BCUT2D eigenvalue weighted by Gasteiger charge is 2.18. The Kier molecular flexibility index (Phi) is 4.58. The molecule has 3 heteroatoms. The molecule has 1 rings (SSSR count). The van der Waals surface area contributed by atoms with E-state index in [1.807, 2.05) is 26.0 Å². The number of carbonyl (C=O) groups is 1. The number of carboxylic acid groups (broad SMARTS) is 1. The van der Waals surface area contributed by atoms with Crippen molar-refractivity contribution < 1.29 is 9.90 Å². The van der Waals surface area contributed by atoms with Gasteiger partial charge in [-0.15, -0.1) is 0 Å². The van der Waals surface area contributed by atoms with E-state index in [9.17, 15) is 4.79 Å². The van der Waals surface area contributed by atoms with Gasteiger partial charge in [-0.05, 0) is 34.6 Å². The number of rotatable bonds is 4. The maximum atomic E-state index is 11.0. The topological polar surface area (TPSA) is 37.3 Å². The monoisotopic (exact) mass is 254 g/mol. The van der Waals surface area contributed by atoms with Gasteiger partial charge in [0.15, 0.2) is 0 Å². The SMILES string of the molecule is CC(C)c1ccc(Cl)c(C(C)C)c1CC(=O)O. The van der Waals surface area contributed by atoms with Crippen LogP contribution < -0.4 is 0 Å². The standard InChI is InChI=1S/C14H19ClO2/c1-8(2)10-5-6-12(15)14(9(3)4)11(10)7-13(16)17/h5-6,8-9H,7H2,1-4H3,(H,16,17). The van der Waals surface area contributed by atoms with Crippen LogP contribution in [0.1, 0.15) is 56.2 Å². The van der Waals surface area contributed by atoms with Gasteiger partial charge in [-0.3, -0.25) is 4.79 Å². The quantitative estimate of drug-likeness (QED) is 0.874. The first kappa shape index (κ1) is 14.0. The summed E-state index contributed by atoms with van der Waals surface area (Å²) in [6.07, 6.45) is 0.0432. The van der Waals surface area contributed by atoms with E-state index in [0.29, 0.717) is 10.9 Å². The Bertz CT molecular complexity index is 422. The normalized spacial score (nSPS) is 11.2. The fourth-order valence-corrected chi connectivity index (χ4v) is 2.56. The molecule has 0 amide bonds. The van der Waals surface area contributed by atoms with Gasteiger partial charge in [0.1, 0.15) is 0 Å². The molecule has 0 aliphatic heterocycles. The molecular formula is C14H19ClO2. The molecular weight excluding hydrogens is 236 g/mol. The average Bonchev–Trinajstić information content (AvgIpc) is 2.15. The Morgan fingerprint density at radius 2 is 1.82 bits per heavy atom. The van der Waals surface area contributed by atoms with Crippen LogP contribution >= 0.6 is 11.6 Å². The van der Waals surface area contributed by atoms with Crippen LogP contribution in [0.15, 0.2) is 12.1 Å². The summed E-state index contributed by atoms with van der Waals surface area (Å²) >= 11 is 6.19.